The summed E-state index contributed by atoms with van der Waals surface area (Å²) >= 11 is 0. The SMILES string of the molecule is CC(=O)COCCO.CC=NNC. The van der Waals surface area contributed by atoms with E-state index in [9.17, 15) is 4.79 Å². The number of aliphatic hydroxyl groups is 1. The molecule has 0 amide bonds. The van der Waals surface area contributed by atoms with Crippen LogP contribution in [0.5, 0.6) is 0 Å². The fourth-order valence-electron chi connectivity index (χ4n) is 0.410. The van der Waals surface area contributed by atoms with Crippen molar-refractivity contribution in [2.45, 2.75) is 13.8 Å². The third kappa shape index (κ3) is 24.7. The van der Waals surface area contributed by atoms with Gasteiger partial charge in [-0.25, -0.2) is 0 Å². The van der Waals surface area contributed by atoms with E-state index in [1.807, 2.05) is 6.92 Å². The summed E-state index contributed by atoms with van der Waals surface area (Å²) in [6, 6.07) is 0. The van der Waals surface area contributed by atoms with E-state index < -0.39 is 0 Å². The largest absolute Gasteiger partial charge is 0.394 e. The van der Waals surface area contributed by atoms with Gasteiger partial charge in [0.05, 0.1) is 13.2 Å². The molecule has 0 aromatic rings. The Hall–Kier alpha value is -0.940. The minimum atomic E-state index is -0.0206. The second kappa shape index (κ2) is 13.6. The lowest BCUT2D eigenvalue weighted by Crippen LogP contribution is -2.06. The summed E-state index contributed by atoms with van der Waals surface area (Å²) in [6.07, 6.45) is 1.69. The molecule has 0 atom stereocenters. The summed E-state index contributed by atoms with van der Waals surface area (Å²) in [6.45, 7) is 3.64. The molecule has 0 aliphatic carbocycles. The first-order valence-corrected chi connectivity index (χ1v) is 4.01. The number of carbonyl (C=O) groups is 1. The summed E-state index contributed by atoms with van der Waals surface area (Å²) in [7, 11) is 1.76. The molecule has 0 saturated carbocycles. The quantitative estimate of drug-likeness (QED) is 0.358. The molecule has 0 rings (SSSR count). The number of ketones is 1. The van der Waals surface area contributed by atoms with E-state index in [0.717, 1.165) is 0 Å². The van der Waals surface area contributed by atoms with Crippen LogP contribution in [0, 0.1) is 0 Å². The fraction of sp³-hybridized carbons (Fsp3) is 0.750. The minimum Gasteiger partial charge on any atom is -0.394 e. The van der Waals surface area contributed by atoms with Gasteiger partial charge in [-0.2, -0.15) is 5.10 Å². The Labute approximate surface area is 78.8 Å². The van der Waals surface area contributed by atoms with Gasteiger partial charge in [0, 0.05) is 13.3 Å². The Balaban J connectivity index is 0. The van der Waals surface area contributed by atoms with Gasteiger partial charge in [-0.3, -0.25) is 4.79 Å². The highest BCUT2D eigenvalue weighted by atomic mass is 16.5. The van der Waals surface area contributed by atoms with Gasteiger partial charge in [-0.1, -0.05) is 0 Å². The average molecular weight is 190 g/mol. The van der Waals surface area contributed by atoms with Crippen molar-refractivity contribution in [1.82, 2.24) is 5.43 Å². The number of hydrogen-bond acceptors (Lipinski definition) is 5. The van der Waals surface area contributed by atoms with Crippen molar-refractivity contribution in [3.05, 3.63) is 0 Å². The molecular weight excluding hydrogens is 172 g/mol. The van der Waals surface area contributed by atoms with E-state index >= 15 is 0 Å². The zero-order valence-electron chi connectivity index (χ0n) is 8.41. The van der Waals surface area contributed by atoms with Gasteiger partial charge in [-0.15, -0.1) is 0 Å². The Morgan fingerprint density at radius 2 is 2.31 bits per heavy atom. The zero-order valence-corrected chi connectivity index (χ0v) is 8.41. The van der Waals surface area contributed by atoms with Gasteiger partial charge in [0.1, 0.15) is 6.61 Å². The van der Waals surface area contributed by atoms with Crippen LogP contribution in [0.1, 0.15) is 13.8 Å². The maximum atomic E-state index is 10.1. The van der Waals surface area contributed by atoms with E-state index in [-0.39, 0.29) is 25.6 Å². The number of Topliss-reactive ketones (excluding diaryl/α,β-unsaturated/α-hetero) is 1. The average Bonchev–Trinajstić information content (AvgIpc) is 2.07. The lowest BCUT2D eigenvalue weighted by molar-refractivity contribution is -0.121. The fourth-order valence-corrected chi connectivity index (χ4v) is 0.410. The van der Waals surface area contributed by atoms with Crippen LogP contribution in [0.2, 0.25) is 0 Å². The van der Waals surface area contributed by atoms with Crippen LogP contribution in [0.4, 0.5) is 0 Å². The molecule has 0 bridgehead atoms. The highest BCUT2D eigenvalue weighted by Gasteiger charge is 1.89. The molecule has 0 aliphatic heterocycles. The van der Waals surface area contributed by atoms with E-state index in [0.29, 0.717) is 0 Å². The predicted molar refractivity (Wildman–Crippen MR) is 51.8 cm³/mol. The molecule has 0 aromatic carbocycles. The number of carbonyl (C=O) groups excluding carboxylic acids is 1. The Morgan fingerprint density at radius 1 is 1.69 bits per heavy atom. The molecule has 0 fully saturated rings. The molecule has 0 aliphatic rings. The molecule has 2 N–H and O–H groups in total. The molecule has 0 saturated heterocycles. The van der Waals surface area contributed by atoms with E-state index in [1.165, 1.54) is 6.92 Å². The zero-order chi connectivity index (χ0) is 10.5. The van der Waals surface area contributed by atoms with Crippen molar-refractivity contribution in [3.63, 3.8) is 0 Å². The van der Waals surface area contributed by atoms with Crippen LogP contribution in [-0.4, -0.2) is 44.0 Å². The van der Waals surface area contributed by atoms with Crippen molar-refractivity contribution >= 4 is 12.0 Å². The van der Waals surface area contributed by atoms with E-state index in [4.69, 9.17) is 5.11 Å². The molecule has 0 spiro atoms. The third-order valence-corrected chi connectivity index (χ3v) is 0.799. The first-order chi connectivity index (χ1) is 6.18. The van der Waals surface area contributed by atoms with Crippen LogP contribution in [0.3, 0.4) is 0 Å². The van der Waals surface area contributed by atoms with Gasteiger partial charge < -0.3 is 15.3 Å². The smallest absolute Gasteiger partial charge is 0.155 e. The second-order valence-electron chi connectivity index (χ2n) is 2.09. The van der Waals surface area contributed by atoms with Gasteiger partial charge in [0.25, 0.3) is 0 Å². The van der Waals surface area contributed by atoms with Crippen LogP contribution in [0.25, 0.3) is 0 Å². The molecule has 5 heteroatoms. The Bertz CT molecular complexity index is 137. The van der Waals surface area contributed by atoms with Crippen molar-refractivity contribution < 1.29 is 14.6 Å². The van der Waals surface area contributed by atoms with Crippen LogP contribution < -0.4 is 5.43 Å². The second-order valence-corrected chi connectivity index (χ2v) is 2.09. The van der Waals surface area contributed by atoms with Crippen molar-refractivity contribution in [1.29, 1.82) is 0 Å². The summed E-state index contributed by atoms with van der Waals surface area (Å²) in [5.74, 6) is -0.0153. The molecule has 0 heterocycles. The molecule has 13 heavy (non-hydrogen) atoms. The lowest BCUT2D eigenvalue weighted by atomic mass is 10.5. The lowest BCUT2D eigenvalue weighted by Gasteiger charge is -1.94. The summed E-state index contributed by atoms with van der Waals surface area (Å²) in [5, 5.41) is 11.7. The summed E-state index contributed by atoms with van der Waals surface area (Å²) in [5.41, 5.74) is 2.59. The van der Waals surface area contributed by atoms with Gasteiger partial charge in [0.15, 0.2) is 5.78 Å². The van der Waals surface area contributed by atoms with Gasteiger partial charge in [0.2, 0.25) is 0 Å². The maximum Gasteiger partial charge on any atom is 0.155 e. The number of aliphatic hydroxyl groups excluding tert-OH is 1. The molecular formula is C8H18N2O3. The minimum absolute atomic E-state index is 0.0153. The van der Waals surface area contributed by atoms with E-state index in [2.05, 4.69) is 15.3 Å². The molecule has 5 nitrogen and oxygen atoms in total. The number of ether oxygens (including phenoxy) is 1. The number of hydrogen-bond donors (Lipinski definition) is 2. The molecule has 0 unspecified atom stereocenters. The Morgan fingerprint density at radius 3 is 2.54 bits per heavy atom. The number of nitrogens with one attached hydrogen (secondary N) is 1. The van der Waals surface area contributed by atoms with Gasteiger partial charge in [-0.05, 0) is 13.8 Å². The standard InChI is InChI=1S/C5H10O3.C3H8N2/c1-5(7)4-8-3-2-6;1-3-5-4-2/h6H,2-4H2,1H3;3-4H,1-2H3. The molecule has 0 radical (unpaired) electrons. The topological polar surface area (TPSA) is 70.9 Å². The molecule has 78 valence electrons. The van der Waals surface area contributed by atoms with Crippen molar-refractivity contribution in [2.75, 3.05) is 26.9 Å². The molecule has 0 aromatic heterocycles. The van der Waals surface area contributed by atoms with Gasteiger partial charge >= 0.3 is 0 Å². The number of rotatable bonds is 5. The van der Waals surface area contributed by atoms with Crippen molar-refractivity contribution in [2.24, 2.45) is 5.10 Å². The number of hydrazone groups is 1. The first-order valence-electron chi connectivity index (χ1n) is 4.01. The third-order valence-electron chi connectivity index (χ3n) is 0.799. The highest BCUT2D eigenvalue weighted by Crippen LogP contribution is 1.73. The van der Waals surface area contributed by atoms with E-state index in [1.54, 1.807) is 13.3 Å². The summed E-state index contributed by atoms with van der Waals surface area (Å²) < 4.78 is 4.64. The van der Waals surface area contributed by atoms with Crippen molar-refractivity contribution in [3.8, 4) is 0 Å². The monoisotopic (exact) mass is 190 g/mol. The first kappa shape index (κ1) is 14.6. The van der Waals surface area contributed by atoms with Crippen LogP contribution in [0.15, 0.2) is 5.10 Å². The van der Waals surface area contributed by atoms with Crippen LogP contribution in [-0.2, 0) is 9.53 Å². The number of nitrogens with zero attached hydrogens (tertiary/aromatic N) is 1. The maximum absolute atomic E-state index is 10.1. The highest BCUT2D eigenvalue weighted by molar-refractivity contribution is 5.76. The normalized spacial score (nSPS) is 9.23. The van der Waals surface area contributed by atoms with Crippen LogP contribution >= 0.6 is 0 Å². The predicted octanol–water partition coefficient (Wildman–Crippen LogP) is -0.204. The Kier molecular flexibility index (Phi) is 15.3. The summed E-state index contributed by atoms with van der Waals surface area (Å²) in [4.78, 5) is 10.1.